The van der Waals surface area contributed by atoms with Gasteiger partial charge in [0, 0.05) is 11.1 Å². The Kier molecular flexibility index (Phi) is 4.50. The van der Waals surface area contributed by atoms with Gasteiger partial charge in [-0.3, -0.25) is 10.1 Å². The van der Waals surface area contributed by atoms with Gasteiger partial charge in [0.2, 0.25) is 5.16 Å². The highest BCUT2D eigenvalue weighted by atomic mass is 35.5. The van der Waals surface area contributed by atoms with Crippen LogP contribution in [-0.2, 0) is 0 Å². The molecule has 9 heteroatoms. The zero-order valence-corrected chi connectivity index (χ0v) is 14.4. The molecule has 0 fully saturated rings. The number of hydrogen-bond acceptors (Lipinski definition) is 6. The van der Waals surface area contributed by atoms with Crippen molar-refractivity contribution < 1.29 is 4.92 Å². The molecule has 0 spiro atoms. The second-order valence-electron chi connectivity index (χ2n) is 5.08. The van der Waals surface area contributed by atoms with Crippen LogP contribution in [-0.4, -0.2) is 25.1 Å². The summed E-state index contributed by atoms with van der Waals surface area (Å²) in [4.78, 5) is 11.2. The van der Waals surface area contributed by atoms with Crippen molar-refractivity contribution in [2.45, 2.75) is 23.9 Å². The summed E-state index contributed by atoms with van der Waals surface area (Å²) in [6, 6.07) is 10.4. The van der Waals surface area contributed by atoms with E-state index in [0.717, 1.165) is 28.6 Å². The van der Waals surface area contributed by atoms with Crippen LogP contribution in [0.1, 0.15) is 11.1 Å². The third-order valence-corrected chi connectivity index (χ3v) is 4.65. The molecule has 1 heterocycles. The SMILES string of the molecule is Cc1cccc(C)c1-n1nnnc1Sc1ccc(Cl)cc1[N+](=O)[O-]. The van der Waals surface area contributed by atoms with Crippen LogP contribution in [0.4, 0.5) is 5.69 Å². The van der Waals surface area contributed by atoms with Gasteiger partial charge in [0.05, 0.1) is 15.5 Å². The maximum atomic E-state index is 11.2. The van der Waals surface area contributed by atoms with Gasteiger partial charge < -0.3 is 0 Å². The third-order valence-electron chi connectivity index (χ3n) is 3.41. The van der Waals surface area contributed by atoms with Gasteiger partial charge >= 0.3 is 0 Å². The normalized spacial score (nSPS) is 10.8. The molecule has 0 aliphatic rings. The molecule has 0 aliphatic heterocycles. The van der Waals surface area contributed by atoms with Gasteiger partial charge in [-0.15, -0.1) is 5.10 Å². The average Bonchev–Trinajstić information content (AvgIpc) is 2.97. The molecule has 0 bridgehead atoms. The molecule has 0 aliphatic carbocycles. The molecule has 7 nitrogen and oxygen atoms in total. The van der Waals surface area contributed by atoms with Crippen molar-refractivity contribution in [1.82, 2.24) is 20.2 Å². The maximum absolute atomic E-state index is 11.2. The maximum Gasteiger partial charge on any atom is 0.284 e. The van der Waals surface area contributed by atoms with Crippen LogP contribution >= 0.6 is 23.4 Å². The Hall–Kier alpha value is -2.45. The first-order chi connectivity index (χ1) is 11.5. The molecule has 0 unspecified atom stereocenters. The van der Waals surface area contributed by atoms with Crippen LogP contribution in [0, 0.1) is 24.0 Å². The molecular weight excluding hydrogens is 350 g/mol. The quantitative estimate of drug-likeness (QED) is 0.515. The Morgan fingerprint density at radius 3 is 2.58 bits per heavy atom. The largest absolute Gasteiger partial charge is 0.284 e. The number of aryl methyl sites for hydroxylation is 2. The third kappa shape index (κ3) is 3.10. The zero-order chi connectivity index (χ0) is 17.3. The molecule has 0 radical (unpaired) electrons. The fourth-order valence-electron chi connectivity index (χ4n) is 2.34. The van der Waals surface area contributed by atoms with Crippen LogP contribution < -0.4 is 0 Å². The smallest absolute Gasteiger partial charge is 0.258 e. The minimum Gasteiger partial charge on any atom is -0.258 e. The Morgan fingerprint density at radius 1 is 1.21 bits per heavy atom. The van der Waals surface area contributed by atoms with E-state index >= 15 is 0 Å². The fraction of sp³-hybridized carbons (Fsp3) is 0.133. The summed E-state index contributed by atoms with van der Waals surface area (Å²) in [6.45, 7) is 3.92. The second-order valence-corrected chi connectivity index (χ2v) is 6.53. The lowest BCUT2D eigenvalue weighted by Crippen LogP contribution is -2.04. The van der Waals surface area contributed by atoms with Crippen molar-refractivity contribution in [2.75, 3.05) is 0 Å². The van der Waals surface area contributed by atoms with Crippen molar-refractivity contribution >= 4 is 29.1 Å². The molecule has 0 N–H and O–H groups in total. The lowest BCUT2D eigenvalue weighted by Gasteiger charge is -2.10. The van der Waals surface area contributed by atoms with E-state index in [1.165, 1.54) is 6.07 Å². The first-order valence-electron chi connectivity index (χ1n) is 6.94. The number of nitro groups is 1. The molecule has 2 aromatic carbocycles. The minimum absolute atomic E-state index is 0.0800. The topological polar surface area (TPSA) is 86.7 Å². The average molecular weight is 362 g/mol. The monoisotopic (exact) mass is 361 g/mol. The number of halogens is 1. The summed E-state index contributed by atoms with van der Waals surface area (Å²) in [7, 11) is 0. The Bertz CT molecular complexity index is 908. The van der Waals surface area contributed by atoms with Crippen molar-refractivity contribution in [3.8, 4) is 5.69 Å². The lowest BCUT2D eigenvalue weighted by atomic mass is 10.1. The molecule has 0 saturated carbocycles. The summed E-state index contributed by atoms with van der Waals surface area (Å²) in [6.07, 6.45) is 0. The number of rotatable bonds is 4. The lowest BCUT2D eigenvalue weighted by molar-refractivity contribution is -0.387. The van der Waals surface area contributed by atoms with Gasteiger partial charge in [0.25, 0.3) is 5.69 Å². The highest BCUT2D eigenvalue weighted by Gasteiger charge is 2.20. The van der Waals surface area contributed by atoms with Crippen LogP contribution in [0.5, 0.6) is 0 Å². The highest BCUT2D eigenvalue weighted by Crippen LogP contribution is 2.36. The van der Waals surface area contributed by atoms with Gasteiger partial charge in [-0.1, -0.05) is 29.8 Å². The van der Waals surface area contributed by atoms with E-state index in [9.17, 15) is 10.1 Å². The van der Waals surface area contributed by atoms with E-state index < -0.39 is 4.92 Å². The summed E-state index contributed by atoms with van der Waals surface area (Å²) in [5, 5.41) is 23.7. The number of nitrogens with zero attached hydrogens (tertiary/aromatic N) is 5. The standard InChI is InChI=1S/C15H12ClN5O2S/c1-9-4-3-5-10(2)14(9)20-15(17-18-19-20)24-13-7-6-11(16)8-12(13)21(22)23/h3-8H,1-2H3. The summed E-state index contributed by atoms with van der Waals surface area (Å²) >= 11 is 6.98. The Labute approximate surface area is 146 Å². The predicted molar refractivity (Wildman–Crippen MR) is 90.9 cm³/mol. The first-order valence-corrected chi connectivity index (χ1v) is 8.13. The van der Waals surface area contributed by atoms with E-state index in [1.54, 1.807) is 16.8 Å². The molecule has 24 heavy (non-hydrogen) atoms. The number of para-hydroxylation sites is 1. The summed E-state index contributed by atoms with van der Waals surface area (Å²) in [5.74, 6) is 0. The minimum atomic E-state index is -0.471. The number of aromatic nitrogens is 4. The number of tetrazole rings is 1. The predicted octanol–water partition coefficient (Wildman–Crippen LogP) is 3.99. The second kappa shape index (κ2) is 6.58. The van der Waals surface area contributed by atoms with E-state index in [4.69, 9.17) is 11.6 Å². The van der Waals surface area contributed by atoms with E-state index in [0.29, 0.717) is 15.1 Å². The molecule has 1 aromatic heterocycles. The summed E-state index contributed by atoms with van der Waals surface area (Å²) in [5.41, 5.74) is 2.80. The van der Waals surface area contributed by atoms with Gasteiger partial charge in [0.1, 0.15) is 0 Å². The van der Waals surface area contributed by atoms with Crippen molar-refractivity contribution in [2.24, 2.45) is 0 Å². The van der Waals surface area contributed by atoms with Crippen molar-refractivity contribution in [3.63, 3.8) is 0 Å². The van der Waals surface area contributed by atoms with Crippen LogP contribution in [0.3, 0.4) is 0 Å². The number of nitro benzene ring substituents is 1. The zero-order valence-electron chi connectivity index (χ0n) is 12.8. The highest BCUT2D eigenvalue weighted by molar-refractivity contribution is 7.99. The van der Waals surface area contributed by atoms with E-state index in [2.05, 4.69) is 15.5 Å². The van der Waals surface area contributed by atoms with E-state index in [1.807, 2.05) is 32.0 Å². The van der Waals surface area contributed by atoms with Gasteiger partial charge in [0.15, 0.2) is 0 Å². The van der Waals surface area contributed by atoms with E-state index in [-0.39, 0.29) is 5.69 Å². The molecule has 0 atom stereocenters. The van der Waals surface area contributed by atoms with Gasteiger partial charge in [-0.25, -0.2) is 0 Å². The van der Waals surface area contributed by atoms with Crippen molar-refractivity contribution in [1.29, 1.82) is 0 Å². The molecule has 0 saturated heterocycles. The first kappa shape index (κ1) is 16.4. The molecule has 3 rings (SSSR count). The van der Waals surface area contributed by atoms with Crippen molar-refractivity contribution in [3.05, 3.63) is 62.7 Å². The number of benzene rings is 2. The summed E-state index contributed by atoms with van der Waals surface area (Å²) < 4.78 is 1.59. The van der Waals surface area contributed by atoms with Crippen LogP contribution in [0.15, 0.2) is 46.5 Å². The molecule has 3 aromatic rings. The Balaban J connectivity index is 2.06. The Morgan fingerprint density at radius 2 is 1.92 bits per heavy atom. The molecule has 0 amide bonds. The number of hydrogen-bond donors (Lipinski definition) is 0. The molecular formula is C15H12ClN5O2S. The fourth-order valence-corrected chi connectivity index (χ4v) is 3.37. The van der Waals surface area contributed by atoms with Crippen LogP contribution in [0.25, 0.3) is 5.69 Å². The van der Waals surface area contributed by atoms with Gasteiger partial charge in [-0.2, -0.15) is 4.68 Å². The van der Waals surface area contributed by atoms with Gasteiger partial charge in [-0.05, 0) is 59.3 Å². The van der Waals surface area contributed by atoms with Crippen LogP contribution in [0.2, 0.25) is 5.02 Å². The molecule has 122 valence electrons.